The van der Waals surface area contributed by atoms with Gasteiger partial charge in [0, 0.05) is 24.3 Å². The van der Waals surface area contributed by atoms with Crippen LogP contribution in [0.5, 0.6) is 0 Å². The fourth-order valence-electron chi connectivity index (χ4n) is 3.40. The lowest BCUT2D eigenvalue weighted by molar-refractivity contribution is -0.0222. The van der Waals surface area contributed by atoms with Gasteiger partial charge in [-0.3, -0.25) is 14.3 Å². The summed E-state index contributed by atoms with van der Waals surface area (Å²) >= 11 is 1.39. The van der Waals surface area contributed by atoms with Gasteiger partial charge in [0.25, 0.3) is 5.56 Å². The van der Waals surface area contributed by atoms with Crippen LogP contribution in [0.3, 0.4) is 0 Å². The minimum absolute atomic E-state index is 0.170. The number of halogens is 1. The number of nitrogens with one attached hydrogen (secondary N) is 1. The zero-order valence-corrected chi connectivity index (χ0v) is 19.7. The standard InChI is InChI=1S/C19H30FN4O4PS/c1-6-14-17(16(20)18(28-14)23-10-8-15(25)22-19(23)26)30-29(27-11-7-9-21)24(12(2)3)13(4)5/h8,10,12-14,16-18H,6-7,11H2,1-5H3,(H,22,25,26)/t14-,16-,17-,18-,29?/m1/s1. The van der Waals surface area contributed by atoms with Crippen LogP contribution in [0.1, 0.15) is 53.7 Å². The molecule has 0 aliphatic carbocycles. The number of hydrogen-bond donors (Lipinski definition) is 1. The van der Waals surface area contributed by atoms with Gasteiger partial charge in [-0.2, -0.15) is 5.26 Å². The lowest BCUT2D eigenvalue weighted by Gasteiger charge is -2.37. The second kappa shape index (κ2) is 11.4. The number of ether oxygens (including phenoxy) is 1. The summed E-state index contributed by atoms with van der Waals surface area (Å²) in [5.41, 5.74) is -1.24. The molecule has 2 rings (SSSR count). The molecule has 1 aromatic heterocycles. The Morgan fingerprint density at radius 1 is 1.40 bits per heavy atom. The lowest BCUT2D eigenvalue weighted by Crippen LogP contribution is -2.36. The van der Waals surface area contributed by atoms with E-state index in [4.69, 9.17) is 14.5 Å². The Labute approximate surface area is 181 Å². The second-order valence-electron chi connectivity index (χ2n) is 7.55. The Bertz CT molecular complexity index is 835. The summed E-state index contributed by atoms with van der Waals surface area (Å²) in [6.07, 6.45) is -0.903. The lowest BCUT2D eigenvalue weighted by atomic mass is 10.1. The molecule has 1 aliphatic rings. The number of H-pyrrole nitrogens is 1. The van der Waals surface area contributed by atoms with Gasteiger partial charge in [0.1, 0.15) is 0 Å². The Morgan fingerprint density at radius 2 is 2.07 bits per heavy atom. The molecule has 5 atom stereocenters. The molecule has 1 aliphatic heterocycles. The highest BCUT2D eigenvalue weighted by molar-refractivity contribution is 8.53. The Hall–Kier alpha value is -1.24. The fourth-order valence-corrected chi connectivity index (χ4v) is 8.80. The molecule has 30 heavy (non-hydrogen) atoms. The number of hydrogen-bond acceptors (Lipinski definition) is 7. The van der Waals surface area contributed by atoms with E-state index in [9.17, 15) is 9.59 Å². The molecule has 0 amide bonds. The van der Waals surface area contributed by atoms with E-state index in [1.54, 1.807) is 0 Å². The van der Waals surface area contributed by atoms with Gasteiger partial charge in [0.05, 0.1) is 30.5 Å². The third-order valence-electron chi connectivity index (χ3n) is 4.67. The molecular weight excluding hydrogens is 430 g/mol. The van der Waals surface area contributed by atoms with Crippen LogP contribution in [0.15, 0.2) is 21.9 Å². The smallest absolute Gasteiger partial charge is 0.330 e. The first-order valence-electron chi connectivity index (χ1n) is 10.1. The van der Waals surface area contributed by atoms with Crippen LogP contribution in [0.4, 0.5) is 4.39 Å². The number of nitrogens with zero attached hydrogens (tertiary/aromatic N) is 3. The normalized spacial score (nSPS) is 25.2. The van der Waals surface area contributed by atoms with Crippen LogP contribution in [0, 0.1) is 11.3 Å². The van der Waals surface area contributed by atoms with Gasteiger partial charge in [0.15, 0.2) is 19.9 Å². The van der Waals surface area contributed by atoms with Crippen molar-refractivity contribution in [2.24, 2.45) is 0 Å². The summed E-state index contributed by atoms with van der Waals surface area (Å²) in [6, 6.07) is 3.59. The van der Waals surface area contributed by atoms with Crippen molar-refractivity contribution in [3.8, 4) is 6.07 Å². The van der Waals surface area contributed by atoms with E-state index in [-0.39, 0.29) is 25.1 Å². The van der Waals surface area contributed by atoms with Crippen LogP contribution >= 0.6 is 18.9 Å². The molecule has 1 N–H and O–H groups in total. The molecule has 1 unspecified atom stereocenters. The van der Waals surface area contributed by atoms with Crippen molar-refractivity contribution in [3.63, 3.8) is 0 Å². The van der Waals surface area contributed by atoms with Gasteiger partial charge >= 0.3 is 5.69 Å². The highest BCUT2D eigenvalue weighted by Crippen LogP contribution is 2.61. The van der Waals surface area contributed by atoms with E-state index >= 15 is 4.39 Å². The maximum atomic E-state index is 15.6. The number of aromatic nitrogens is 2. The van der Waals surface area contributed by atoms with E-state index in [2.05, 4.69) is 43.4 Å². The third-order valence-corrected chi connectivity index (χ3v) is 9.51. The number of aromatic amines is 1. The van der Waals surface area contributed by atoms with Crippen LogP contribution in [-0.4, -0.2) is 50.4 Å². The van der Waals surface area contributed by atoms with Crippen molar-refractivity contribution >= 4 is 18.9 Å². The summed E-state index contributed by atoms with van der Waals surface area (Å²) in [7, 11) is -1.25. The van der Waals surface area contributed by atoms with Gasteiger partial charge in [-0.25, -0.2) is 13.9 Å². The molecule has 168 valence electrons. The highest BCUT2D eigenvalue weighted by Gasteiger charge is 2.48. The van der Waals surface area contributed by atoms with Gasteiger partial charge in [-0.05, 0) is 34.1 Å². The van der Waals surface area contributed by atoms with Crippen molar-refractivity contribution in [1.29, 1.82) is 5.26 Å². The van der Waals surface area contributed by atoms with Gasteiger partial charge < -0.3 is 9.26 Å². The van der Waals surface area contributed by atoms with Crippen molar-refractivity contribution in [1.82, 2.24) is 14.2 Å². The fraction of sp³-hybridized carbons (Fsp3) is 0.737. The molecular formula is C19H30FN4O4PS. The predicted molar refractivity (Wildman–Crippen MR) is 117 cm³/mol. The van der Waals surface area contributed by atoms with E-state index in [1.807, 2.05) is 6.92 Å². The Kier molecular flexibility index (Phi) is 9.51. The van der Waals surface area contributed by atoms with Crippen molar-refractivity contribution in [2.75, 3.05) is 6.61 Å². The first kappa shape index (κ1) is 25.0. The van der Waals surface area contributed by atoms with Gasteiger partial charge in [-0.15, -0.1) is 0 Å². The first-order chi connectivity index (χ1) is 14.2. The number of alkyl halides is 1. The van der Waals surface area contributed by atoms with E-state index in [1.165, 1.54) is 23.6 Å². The average Bonchev–Trinajstić information content (AvgIpc) is 2.97. The maximum absolute atomic E-state index is 15.6. The molecule has 11 heteroatoms. The Balaban J connectivity index is 2.29. The molecule has 0 radical (unpaired) electrons. The third kappa shape index (κ3) is 5.92. The van der Waals surface area contributed by atoms with Gasteiger partial charge in [0.2, 0.25) is 0 Å². The molecule has 1 aromatic rings. The first-order valence-corrected chi connectivity index (χ1v) is 12.8. The minimum atomic E-state index is -1.46. The van der Waals surface area contributed by atoms with Gasteiger partial charge in [-0.1, -0.05) is 18.3 Å². The Morgan fingerprint density at radius 3 is 2.60 bits per heavy atom. The number of rotatable bonds is 10. The highest BCUT2D eigenvalue weighted by atomic mass is 32.7. The summed E-state index contributed by atoms with van der Waals surface area (Å²) in [4.78, 5) is 25.6. The summed E-state index contributed by atoms with van der Waals surface area (Å²) in [5, 5.41) is 8.32. The summed E-state index contributed by atoms with van der Waals surface area (Å²) in [5.74, 6) is 0. The van der Waals surface area contributed by atoms with E-state index in [0.717, 1.165) is 4.57 Å². The quantitative estimate of drug-likeness (QED) is 0.421. The number of nitriles is 1. The van der Waals surface area contributed by atoms with Crippen LogP contribution in [0.2, 0.25) is 0 Å². The largest absolute Gasteiger partial charge is 0.350 e. The monoisotopic (exact) mass is 460 g/mol. The molecule has 0 spiro atoms. The predicted octanol–water partition coefficient (Wildman–Crippen LogP) is 3.56. The topological polar surface area (TPSA) is 100 Å². The van der Waals surface area contributed by atoms with Crippen LogP contribution < -0.4 is 11.2 Å². The maximum Gasteiger partial charge on any atom is 0.330 e. The average molecular weight is 461 g/mol. The van der Waals surface area contributed by atoms with Crippen molar-refractivity contribution in [2.45, 2.75) is 83.3 Å². The molecule has 1 saturated heterocycles. The second-order valence-corrected chi connectivity index (χ2v) is 11.1. The van der Waals surface area contributed by atoms with Crippen LogP contribution in [-0.2, 0) is 9.26 Å². The SMILES string of the molecule is CC[C@H]1O[C@@H](n2ccc(=O)[nH]c2=O)[C@H](F)[C@@H]1SP(OCCC#N)N(C(C)C)C(C)C. The molecule has 1 fully saturated rings. The summed E-state index contributed by atoms with van der Waals surface area (Å²) in [6.45, 7) is 10.4. The summed E-state index contributed by atoms with van der Waals surface area (Å²) < 4.78 is 30.8. The van der Waals surface area contributed by atoms with E-state index < -0.39 is 42.5 Å². The van der Waals surface area contributed by atoms with Crippen molar-refractivity contribution in [3.05, 3.63) is 33.1 Å². The molecule has 0 saturated carbocycles. The van der Waals surface area contributed by atoms with Crippen molar-refractivity contribution < 1.29 is 13.7 Å². The van der Waals surface area contributed by atoms with Crippen LogP contribution in [0.25, 0.3) is 0 Å². The molecule has 0 bridgehead atoms. The molecule has 2 heterocycles. The molecule has 8 nitrogen and oxygen atoms in total. The van der Waals surface area contributed by atoms with E-state index in [0.29, 0.717) is 6.42 Å². The zero-order valence-electron chi connectivity index (χ0n) is 17.9. The zero-order chi connectivity index (χ0) is 22.4. The molecule has 0 aromatic carbocycles. The minimum Gasteiger partial charge on any atom is -0.350 e.